The lowest BCUT2D eigenvalue weighted by atomic mass is 10.3. The topological polar surface area (TPSA) is 29.9 Å². The van der Waals surface area contributed by atoms with Gasteiger partial charge in [0.2, 0.25) is 0 Å². The molecule has 0 unspecified atom stereocenters. The summed E-state index contributed by atoms with van der Waals surface area (Å²) in [5.41, 5.74) is -2.36. The van der Waals surface area contributed by atoms with Gasteiger partial charge in [0.25, 0.3) is 0 Å². The van der Waals surface area contributed by atoms with Crippen molar-refractivity contribution in [2.45, 2.75) is 35.8 Å². The van der Waals surface area contributed by atoms with Crippen LogP contribution >= 0.6 is 11.8 Å². The molecule has 0 spiro atoms. The normalized spacial score (nSPS) is 15.2. The van der Waals surface area contributed by atoms with E-state index >= 15 is 0 Å². The maximum absolute atomic E-state index is 12.2. The van der Waals surface area contributed by atoms with Crippen LogP contribution in [-0.2, 0) is 6.54 Å². The molecule has 1 aromatic heterocycles. The van der Waals surface area contributed by atoms with E-state index in [9.17, 15) is 13.2 Å². The van der Waals surface area contributed by atoms with Crippen molar-refractivity contribution in [2.24, 2.45) is 0 Å². The highest BCUT2D eigenvalue weighted by Crippen LogP contribution is 2.37. The molecule has 0 saturated heterocycles. The molecule has 1 heterocycles. The molecule has 112 valence electrons. The van der Waals surface area contributed by atoms with Gasteiger partial charge in [-0.1, -0.05) is 0 Å². The first-order valence-electron chi connectivity index (χ1n) is 6.62. The second kappa shape index (κ2) is 5.63. The standard InChI is InChI=1S/C14H14F3N3S/c15-14(16,17)21-13-5-1-10(2-6-13)19-8-12-7-18-9-20(12)11-3-4-11/h1-2,5-7,9,11,19H,3-4,8H2. The average Bonchev–Trinajstić information content (AvgIpc) is 3.15. The summed E-state index contributed by atoms with van der Waals surface area (Å²) in [5, 5.41) is 3.21. The summed E-state index contributed by atoms with van der Waals surface area (Å²) in [6.07, 6.45) is 6.02. The number of benzene rings is 1. The van der Waals surface area contributed by atoms with Crippen LogP contribution in [0.2, 0.25) is 0 Å². The molecule has 1 N–H and O–H groups in total. The molecule has 3 nitrogen and oxygen atoms in total. The van der Waals surface area contributed by atoms with Crippen molar-refractivity contribution in [3.05, 3.63) is 42.5 Å². The summed E-state index contributed by atoms with van der Waals surface area (Å²) < 4.78 is 38.9. The zero-order valence-electron chi connectivity index (χ0n) is 11.1. The molecule has 0 atom stereocenters. The summed E-state index contributed by atoms with van der Waals surface area (Å²) in [6.45, 7) is 0.613. The SMILES string of the molecule is FC(F)(F)Sc1ccc(NCc2cncn2C2CC2)cc1. The number of nitrogens with zero attached hydrogens (tertiary/aromatic N) is 2. The Hall–Kier alpha value is -1.63. The molecule has 0 aliphatic heterocycles. The van der Waals surface area contributed by atoms with Crippen LogP contribution in [0.1, 0.15) is 24.6 Å². The van der Waals surface area contributed by atoms with Crippen molar-refractivity contribution in [2.75, 3.05) is 5.32 Å². The van der Waals surface area contributed by atoms with Crippen LogP contribution in [0.3, 0.4) is 0 Å². The van der Waals surface area contributed by atoms with Crippen molar-refractivity contribution in [3.8, 4) is 0 Å². The smallest absolute Gasteiger partial charge is 0.379 e. The second-order valence-electron chi connectivity index (χ2n) is 4.95. The third kappa shape index (κ3) is 3.93. The van der Waals surface area contributed by atoms with Gasteiger partial charge >= 0.3 is 5.51 Å². The van der Waals surface area contributed by atoms with Gasteiger partial charge in [-0.05, 0) is 48.9 Å². The fourth-order valence-corrected chi connectivity index (χ4v) is 2.66. The van der Waals surface area contributed by atoms with Crippen molar-refractivity contribution in [1.82, 2.24) is 9.55 Å². The summed E-state index contributed by atoms with van der Waals surface area (Å²) >= 11 is -0.102. The molecular formula is C14H14F3N3S. The molecule has 1 aliphatic carbocycles. The number of anilines is 1. The number of thioether (sulfide) groups is 1. The van der Waals surface area contributed by atoms with E-state index in [-0.39, 0.29) is 16.7 Å². The molecular weight excluding hydrogens is 299 g/mol. The average molecular weight is 313 g/mol. The van der Waals surface area contributed by atoms with Gasteiger partial charge in [0, 0.05) is 22.8 Å². The summed E-state index contributed by atoms with van der Waals surface area (Å²) in [7, 11) is 0. The minimum atomic E-state index is -4.24. The minimum Gasteiger partial charge on any atom is -0.379 e. The Morgan fingerprint density at radius 1 is 1.24 bits per heavy atom. The van der Waals surface area contributed by atoms with Gasteiger partial charge in [0.1, 0.15) is 0 Å². The van der Waals surface area contributed by atoms with E-state index in [1.165, 1.54) is 25.0 Å². The van der Waals surface area contributed by atoms with Crippen LogP contribution in [0.4, 0.5) is 18.9 Å². The summed E-state index contributed by atoms with van der Waals surface area (Å²) in [4.78, 5) is 4.34. The quantitative estimate of drug-likeness (QED) is 0.828. The first-order chi connectivity index (χ1) is 10.0. The van der Waals surface area contributed by atoms with Gasteiger partial charge < -0.3 is 9.88 Å². The van der Waals surface area contributed by atoms with Gasteiger partial charge in [-0.15, -0.1) is 0 Å². The molecule has 1 aliphatic rings. The van der Waals surface area contributed by atoms with E-state index in [1.54, 1.807) is 12.1 Å². The minimum absolute atomic E-state index is 0.102. The van der Waals surface area contributed by atoms with Crippen LogP contribution in [0.5, 0.6) is 0 Å². The summed E-state index contributed by atoms with van der Waals surface area (Å²) in [5.74, 6) is 0. The largest absolute Gasteiger partial charge is 0.446 e. The lowest BCUT2D eigenvalue weighted by Crippen LogP contribution is -2.05. The van der Waals surface area contributed by atoms with Crippen molar-refractivity contribution >= 4 is 17.4 Å². The lowest BCUT2D eigenvalue weighted by molar-refractivity contribution is -0.0328. The Bertz CT molecular complexity index is 603. The Morgan fingerprint density at radius 3 is 2.57 bits per heavy atom. The fraction of sp³-hybridized carbons (Fsp3) is 0.357. The van der Waals surface area contributed by atoms with Gasteiger partial charge in [0.05, 0.1) is 18.6 Å². The number of rotatable bonds is 5. The second-order valence-corrected chi connectivity index (χ2v) is 6.09. The lowest BCUT2D eigenvalue weighted by Gasteiger charge is -2.10. The predicted octanol–water partition coefficient (Wildman–Crippen LogP) is 4.44. The molecule has 1 fully saturated rings. The first-order valence-corrected chi connectivity index (χ1v) is 7.43. The number of halogens is 3. The summed E-state index contributed by atoms with van der Waals surface area (Å²) in [6, 6.07) is 6.82. The van der Waals surface area contributed by atoms with E-state index in [0.717, 1.165) is 11.4 Å². The highest BCUT2D eigenvalue weighted by Gasteiger charge is 2.29. The van der Waals surface area contributed by atoms with Gasteiger partial charge in [-0.3, -0.25) is 0 Å². The number of nitrogens with one attached hydrogen (secondary N) is 1. The molecule has 3 rings (SSSR count). The van der Waals surface area contributed by atoms with E-state index < -0.39 is 5.51 Å². The van der Waals surface area contributed by atoms with Crippen LogP contribution in [0.25, 0.3) is 0 Å². The highest BCUT2D eigenvalue weighted by atomic mass is 32.2. The predicted molar refractivity (Wildman–Crippen MR) is 76.2 cm³/mol. The van der Waals surface area contributed by atoms with Gasteiger partial charge in [0.15, 0.2) is 0 Å². The number of aromatic nitrogens is 2. The monoisotopic (exact) mass is 313 g/mol. The molecule has 0 radical (unpaired) electrons. The molecule has 1 saturated carbocycles. The number of imidazole rings is 1. The Morgan fingerprint density at radius 2 is 1.95 bits per heavy atom. The van der Waals surface area contributed by atoms with Crippen molar-refractivity contribution in [1.29, 1.82) is 0 Å². The molecule has 2 aromatic rings. The maximum Gasteiger partial charge on any atom is 0.446 e. The zero-order chi connectivity index (χ0) is 14.9. The first kappa shape index (κ1) is 14.3. The van der Waals surface area contributed by atoms with Crippen molar-refractivity contribution in [3.63, 3.8) is 0 Å². The van der Waals surface area contributed by atoms with E-state index in [0.29, 0.717) is 12.6 Å². The van der Waals surface area contributed by atoms with Crippen LogP contribution in [0.15, 0.2) is 41.7 Å². The van der Waals surface area contributed by atoms with E-state index in [2.05, 4.69) is 14.9 Å². The molecule has 1 aromatic carbocycles. The van der Waals surface area contributed by atoms with Crippen molar-refractivity contribution < 1.29 is 13.2 Å². The van der Waals surface area contributed by atoms with Gasteiger partial charge in [-0.2, -0.15) is 13.2 Å². The highest BCUT2D eigenvalue weighted by molar-refractivity contribution is 8.00. The Balaban J connectivity index is 1.59. The van der Waals surface area contributed by atoms with Crippen LogP contribution < -0.4 is 5.32 Å². The molecule has 0 amide bonds. The third-order valence-corrected chi connectivity index (χ3v) is 3.99. The van der Waals surface area contributed by atoms with E-state index in [4.69, 9.17) is 0 Å². The third-order valence-electron chi connectivity index (χ3n) is 3.25. The van der Waals surface area contributed by atoms with Crippen LogP contribution in [0, 0.1) is 0 Å². The molecule has 7 heteroatoms. The zero-order valence-corrected chi connectivity index (χ0v) is 11.9. The molecule has 0 bridgehead atoms. The molecule has 21 heavy (non-hydrogen) atoms. The van der Waals surface area contributed by atoms with Crippen LogP contribution in [-0.4, -0.2) is 15.1 Å². The number of hydrogen-bond donors (Lipinski definition) is 1. The fourth-order valence-electron chi connectivity index (χ4n) is 2.12. The number of hydrogen-bond acceptors (Lipinski definition) is 3. The van der Waals surface area contributed by atoms with Gasteiger partial charge in [-0.25, -0.2) is 4.98 Å². The Kier molecular flexibility index (Phi) is 3.84. The number of alkyl halides is 3. The maximum atomic E-state index is 12.2. The Labute approximate surface area is 124 Å². The van der Waals surface area contributed by atoms with E-state index in [1.807, 2.05) is 12.5 Å².